The van der Waals surface area contributed by atoms with Crippen LogP contribution in [0.2, 0.25) is 0 Å². The molecule has 1 aliphatic rings. The Balaban J connectivity index is 1.78. The van der Waals surface area contributed by atoms with E-state index in [-0.39, 0.29) is 35.4 Å². The van der Waals surface area contributed by atoms with Crippen LogP contribution in [0.4, 0.5) is 5.69 Å². The van der Waals surface area contributed by atoms with Crippen molar-refractivity contribution in [3.63, 3.8) is 0 Å². The van der Waals surface area contributed by atoms with E-state index in [1.54, 1.807) is 6.92 Å². The average molecular weight is 384 g/mol. The number of nitrogens with one attached hydrogen (secondary N) is 2. The highest BCUT2D eigenvalue weighted by Crippen LogP contribution is 2.29. The Labute approximate surface area is 165 Å². The Kier molecular flexibility index (Phi) is 5.82. The number of oxazole rings is 1. The summed E-state index contributed by atoms with van der Waals surface area (Å²) in [5.74, 6) is 0.638. The molecule has 2 aromatic heterocycles. The SMILES string of the molecule is Cc1ccc(NC(=O)c2nc([C@H](NC(=O)C3CCC3)C(C)C)oc2C)c(C)n1. The quantitative estimate of drug-likeness (QED) is 0.788. The van der Waals surface area contributed by atoms with Gasteiger partial charge in [-0.1, -0.05) is 20.3 Å². The minimum Gasteiger partial charge on any atom is -0.443 e. The van der Waals surface area contributed by atoms with Crippen molar-refractivity contribution in [1.82, 2.24) is 15.3 Å². The zero-order chi connectivity index (χ0) is 20.4. The number of amides is 2. The Morgan fingerprint density at radius 3 is 2.43 bits per heavy atom. The first-order valence-electron chi connectivity index (χ1n) is 9.79. The zero-order valence-electron chi connectivity index (χ0n) is 17.1. The van der Waals surface area contributed by atoms with Gasteiger partial charge in [0.2, 0.25) is 11.8 Å². The summed E-state index contributed by atoms with van der Waals surface area (Å²) < 4.78 is 5.78. The van der Waals surface area contributed by atoms with Gasteiger partial charge < -0.3 is 15.1 Å². The highest BCUT2D eigenvalue weighted by atomic mass is 16.4. The van der Waals surface area contributed by atoms with Crippen molar-refractivity contribution in [2.75, 3.05) is 5.32 Å². The molecule has 0 bridgehead atoms. The molecule has 0 aliphatic heterocycles. The van der Waals surface area contributed by atoms with Crippen molar-refractivity contribution >= 4 is 17.5 Å². The fraction of sp³-hybridized carbons (Fsp3) is 0.524. The molecule has 28 heavy (non-hydrogen) atoms. The van der Waals surface area contributed by atoms with Crippen molar-refractivity contribution in [1.29, 1.82) is 0 Å². The lowest BCUT2D eigenvalue weighted by Gasteiger charge is -2.27. The van der Waals surface area contributed by atoms with Crippen LogP contribution >= 0.6 is 0 Å². The smallest absolute Gasteiger partial charge is 0.277 e. The van der Waals surface area contributed by atoms with Gasteiger partial charge in [-0.15, -0.1) is 0 Å². The van der Waals surface area contributed by atoms with Gasteiger partial charge in [-0.25, -0.2) is 4.98 Å². The zero-order valence-corrected chi connectivity index (χ0v) is 17.1. The molecule has 0 radical (unpaired) electrons. The van der Waals surface area contributed by atoms with Gasteiger partial charge in [0.05, 0.1) is 11.4 Å². The third-order valence-corrected chi connectivity index (χ3v) is 5.21. The number of aryl methyl sites for hydroxylation is 3. The summed E-state index contributed by atoms with van der Waals surface area (Å²) in [6, 6.07) is 3.30. The third-order valence-electron chi connectivity index (χ3n) is 5.21. The Bertz CT molecular complexity index is 884. The van der Waals surface area contributed by atoms with E-state index in [1.165, 1.54) is 0 Å². The van der Waals surface area contributed by atoms with Gasteiger partial charge in [0.15, 0.2) is 5.69 Å². The maximum Gasteiger partial charge on any atom is 0.277 e. The summed E-state index contributed by atoms with van der Waals surface area (Å²) in [6.07, 6.45) is 2.96. The van der Waals surface area contributed by atoms with Gasteiger partial charge in [0.1, 0.15) is 11.8 Å². The summed E-state index contributed by atoms with van der Waals surface area (Å²) in [5.41, 5.74) is 2.48. The lowest BCUT2D eigenvalue weighted by Crippen LogP contribution is -2.38. The van der Waals surface area contributed by atoms with E-state index in [4.69, 9.17) is 4.42 Å². The fourth-order valence-corrected chi connectivity index (χ4v) is 3.22. The Morgan fingerprint density at radius 1 is 1.14 bits per heavy atom. The molecule has 1 aliphatic carbocycles. The van der Waals surface area contributed by atoms with Crippen LogP contribution < -0.4 is 10.6 Å². The third kappa shape index (κ3) is 4.24. The van der Waals surface area contributed by atoms with Crippen LogP contribution in [-0.4, -0.2) is 21.8 Å². The van der Waals surface area contributed by atoms with E-state index < -0.39 is 0 Å². The second kappa shape index (κ2) is 8.12. The number of carbonyl (C=O) groups excluding carboxylic acids is 2. The number of aromatic nitrogens is 2. The normalized spacial score (nSPS) is 15.2. The Hall–Kier alpha value is -2.70. The molecule has 2 aromatic rings. The van der Waals surface area contributed by atoms with E-state index in [0.29, 0.717) is 17.3 Å². The van der Waals surface area contributed by atoms with E-state index in [0.717, 1.165) is 30.7 Å². The maximum absolute atomic E-state index is 12.7. The number of nitrogens with zero attached hydrogens (tertiary/aromatic N) is 2. The van der Waals surface area contributed by atoms with Gasteiger partial charge in [0, 0.05) is 11.6 Å². The number of hydrogen-bond donors (Lipinski definition) is 2. The molecule has 2 heterocycles. The van der Waals surface area contributed by atoms with E-state index in [9.17, 15) is 9.59 Å². The number of hydrogen-bond acceptors (Lipinski definition) is 5. The molecule has 1 saturated carbocycles. The second-order valence-electron chi connectivity index (χ2n) is 7.85. The first-order chi connectivity index (χ1) is 13.3. The number of pyridine rings is 1. The van der Waals surface area contributed by atoms with E-state index in [1.807, 2.05) is 39.8 Å². The van der Waals surface area contributed by atoms with Crippen molar-refractivity contribution < 1.29 is 14.0 Å². The van der Waals surface area contributed by atoms with Crippen molar-refractivity contribution in [3.8, 4) is 0 Å². The molecule has 7 nitrogen and oxygen atoms in total. The fourth-order valence-electron chi connectivity index (χ4n) is 3.22. The summed E-state index contributed by atoms with van der Waals surface area (Å²) in [7, 11) is 0. The van der Waals surface area contributed by atoms with Crippen LogP contribution in [0.1, 0.15) is 72.7 Å². The lowest BCUT2D eigenvalue weighted by atomic mass is 9.84. The largest absolute Gasteiger partial charge is 0.443 e. The molecule has 1 atom stereocenters. The van der Waals surface area contributed by atoms with Gasteiger partial charge >= 0.3 is 0 Å². The van der Waals surface area contributed by atoms with E-state index >= 15 is 0 Å². The maximum atomic E-state index is 12.7. The van der Waals surface area contributed by atoms with Crippen LogP contribution in [0.25, 0.3) is 0 Å². The highest BCUT2D eigenvalue weighted by Gasteiger charge is 2.31. The van der Waals surface area contributed by atoms with Crippen LogP contribution in [0, 0.1) is 32.6 Å². The highest BCUT2D eigenvalue weighted by molar-refractivity contribution is 6.03. The molecule has 0 saturated heterocycles. The van der Waals surface area contributed by atoms with Crippen LogP contribution in [0.3, 0.4) is 0 Å². The molecular weight excluding hydrogens is 356 g/mol. The topological polar surface area (TPSA) is 97.1 Å². The predicted molar refractivity (Wildman–Crippen MR) is 106 cm³/mol. The monoisotopic (exact) mass is 384 g/mol. The number of carbonyl (C=O) groups is 2. The molecule has 1 fully saturated rings. The lowest BCUT2D eigenvalue weighted by molar-refractivity contribution is -0.128. The number of rotatable bonds is 6. The molecule has 2 amide bonds. The summed E-state index contributed by atoms with van der Waals surface area (Å²) >= 11 is 0. The minimum atomic E-state index is -0.365. The molecular formula is C21H28N4O3. The molecule has 3 rings (SSSR count). The molecule has 0 unspecified atom stereocenters. The van der Waals surface area contributed by atoms with Crippen LogP contribution in [0.5, 0.6) is 0 Å². The van der Waals surface area contributed by atoms with Crippen molar-refractivity contribution in [2.24, 2.45) is 11.8 Å². The van der Waals surface area contributed by atoms with Gasteiger partial charge in [-0.3, -0.25) is 14.6 Å². The van der Waals surface area contributed by atoms with Gasteiger partial charge in [0.25, 0.3) is 5.91 Å². The molecule has 2 N–H and O–H groups in total. The van der Waals surface area contributed by atoms with Gasteiger partial charge in [-0.05, 0) is 51.7 Å². The van der Waals surface area contributed by atoms with Gasteiger partial charge in [-0.2, -0.15) is 0 Å². The van der Waals surface area contributed by atoms with E-state index in [2.05, 4.69) is 20.6 Å². The summed E-state index contributed by atoms with van der Waals surface area (Å²) in [6.45, 7) is 9.43. The predicted octanol–water partition coefficient (Wildman–Crippen LogP) is 3.86. The number of anilines is 1. The average Bonchev–Trinajstić information content (AvgIpc) is 2.94. The summed E-state index contributed by atoms with van der Waals surface area (Å²) in [5, 5.41) is 5.88. The van der Waals surface area contributed by atoms with Crippen molar-refractivity contribution in [2.45, 2.75) is 59.9 Å². The molecule has 150 valence electrons. The molecule has 7 heteroatoms. The minimum absolute atomic E-state index is 0.0353. The molecule has 0 spiro atoms. The standard InChI is InChI=1S/C21H28N4O3/c1-11(2)17(24-19(26)15-7-6-8-15)21-25-18(14(5)28-21)20(27)23-16-10-9-12(3)22-13(16)4/h9-11,15,17H,6-8H2,1-5H3,(H,23,27)(H,24,26)/t17-/m1/s1. The first kappa shape index (κ1) is 20.0. The second-order valence-corrected chi connectivity index (χ2v) is 7.85. The molecule has 0 aromatic carbocycles. The van der Waals surface area contributed by atoms with Crippen LogP contribution in [0.15, 0.2) is 16.5 Å². The summed E-state index contributed by atoms with van der Waals surface area (Å²) in [4.78, 5) is 33.9. The van der Waals surface area contributed by atoms with Crippen molar-refractivity contribution in [3.05, 3.63) is 40.9 Å². The van der Waals surface area contributed by atoms with Crippen LogP contribution in [-0.2, 0) is 4.79 Å². The Morgan fingerprint density at radius 2 is 1.86 bits per heavy atom. The first-order valence-corrected chi connectivity index (χ1v) is 9.79.